The third-order valence-corrected chi connectivity index (χ3v) is 3.69. The molecule has 1 fully saturated rings. The van der Waals surface area contributed by atoms with Gasteiger partial charge in [0.05, 0.1) is 12.1 Å². The number of fused-ring (bicyclic) bond motifs is 1. The number of hydrogen-bond donors (Lipinski definition) is 1. The third-order valence-electron chi connectivity index (χ3n) is 3.69. The number of amides is 1. The van der Waals surface area contributed by atoms with Crippen LogP contribution in [0.3, 0.4) is 0 Å². The van der Waals surface area contributed by atoms with Gasteiger partial charge >= 0.3 is 0 Å². The van der Waals surface area contributed by atoms with Crippen molar-refractivity contribution in [2.75, 3.05) is 13.1 Å². The monoisotopic (exact) mass is 274 g/mol. The minimum Gasteiger partial charge on any atom is -0.336 e. The molecule has 104 valence electrons. The zero-order chi connectivity index (χ0) is 14.1. The Balaban J connectivity index is 2.04. The van der Waals surface area contributed by atoms with Gasteiger partial charge in [0.25, 0.3) is 11.5 Å². The molecule has 1 aromatic heterocycles. The van der Waals surface area contributed by atoms with Crippen LogP contribution in [0.25, 0.3) is 10.8 Å². The number of rotatable bonds is 1. The molecule has 1 N–H and O–H groups in total. The SMILES string of the molecule is O=C(c1c[nH]c(=O)c2ccccc12)N1CCCC(F)C1. The second kappa shape index (κ2) is 5.07. The number of benzene rings is 1. The van der Waals surface area contributed by atoms with Gasteiger partial charge in [-0.25, -0.2) is 4.39 Å². The second-order valence-corrected chi connectivity index (χ2v) is 5.07. The first-order chi connectivity index (χ1) is 9.66. The number of likely N-dealkylation sites (tertiary alicyclic amines) is 1. The van der Waals surface area contributed by atoms with Crippen molar-refractivity contribution < 1.29 is 9.18 Å². The topological polar surface area (TPSA) is 53.2 Å². The maximum absolute atomic E-state index is 13.4. The Labute approximate surface area is 115 Å². The fourth-order valence-electron chi connectivity index (χ4n) is 2.67. The maximum Gasteiger partial charge on any atom is 0.256 e. The molecule has 0 spiro atoms. The molecule has 1 aliphatic heterocycles. The largest absolute Gasteiger partial charge is 0.336 e. The number of H-pyrrole nitrogens is 1. The molecule has 2 heterocycles. The molecule has 3 rings (SSSR count). The molecule has 0 radical (unpaired) electrons. The number of alkyl halides is 1. The van der Waals surface area contributed by atoms with Crippen molar-refractivity contribution in [1.29, 1.82) is 0 Å². The number of piperidine rings is 1. The summed E-state index contributed by atoms with van der Waals surface area (Å²) in [5.41, 5.74) is 0.202. The van der Waals surface area contributed by atoms with Crippen molar-refractivity contribution in [3.63, 3.8) is 0 Å². The van der Waals surface area contributed by atoms with Crippen LogP contribution in [0.5, 0.6) is 0 Å². The first-order valence-corrected chi connectivity index (χ1v) is 6.70. The average Bonchev–Trinajstić information content (AvgIpc) is 2.47. The summed E-state index contributed by atoms with van der Waals surface area (Å²) < 4.78 is 13.4. The van der Waals surface area contributed by atoms with E-state index in [9.17, 15) is 14.0 Å². The van der Waals surface area contributed by atoms with E-state index in [1.807, 2.05) is 0 Å². The Morgan fingerprint density at radius 2 is 2.05 bits per heavy atom. The first kappa shape index (κ1) is 12.8. The van der Waals surface area contributed by atoms with Crippen molar-refractivity contribution in [3.8, 4) is 0 Å². The normalized spacial score (nSPS) is 19.2. The van der Waals surface area contributed by atoms with E-state index < -0.39 is 6.17 Å². The van der Waals surface area contributed by atoms with E-state index in [1.165, 1.54) is 11.1 Å². The Bertz CT molecular complexity index is 710. The Morgan fingerprint density at radius 1 is 1.30 bits per heavy atom. The summed E-state index contributed by atoms with van der Waals surface area (Å²) >= 11 is 0. The zero-order valence-corrected chi connectivity index (χ0v) is 10.9. The lowest BCUT2D eigenvalue weighted by molar-refractivity contribution is 0.0637. The van der Waals surface area contributed by atoms with Gasteiger partial charge in [-0.1, -0.05) is 18.2 Å². The number of carbonyl (C=O) groups excluding carboxylic acids is 1. The highest BCUT2D eigenvalue weighted by molar-refractivity contribution is 6.06. The molecule has 1 amide bonds. The van der Waals surface area contributed by atoms with Crippen LogP contribution in [0, 0.1) is 0 Å². The van der Waals surface area contributed by atoms with Crippen molar-refractivity contribution >= 4 is 16.7 Å². The minimum atomic E-state index is -0.957. The number of pyridine rings is 1. The van der Waals surface area contributed by atoms with Crippen LogP contribution in [0.2, 0.25) is 0 Å². The Morgan fingerprint density at radius 3 is 2.80 bits per heavy atom. The smallest absolute Gasteiger partial charge is 0.256 e. The number of halogens is 1. The molecular weight excluding hydrogens is 259 g/mol. The molecule has 5 heteroatoms. The number of hydrogen-bond acceptors (Lipinski definition) is 2. The molecule has 2 aromatic rings. The van der Waals surface area contributed by atoms with Crippen molar-refractivity contribution in [3.05, 3.63) is 46.4 Å². The Hall–Kier alpha value is -2.17. The summed E-state index contributed by atoms with van der Waals surface area (Å²) in [6, 6.07) is 6.96. The molecule has 1 unspecified atom stereocenters. The van der Waals surface area contributed by atoms with Crippen molar-refractivity contribution in [2.24, 2.45) is 0 Å². The van der Waals surface area contributed by atoms with E-state index in [0.29, 0.717) is 35.7 Å². The van der Waals surface area contributed by atoms with Crippen molar-refractivity contribution in [2.45, 2.75) is 19.0 Å². The first-order valence-electron chi connectivity index (χ1n) is 6.70. The van der Waals surface area contributed by atoms with E-state index in [2.05, 4.69) is 4.98 Å². The van der Waals surface area contributed by atoms with E-state index in [1.54, 1.807) is 24.3 Å². The van der Waals surface area contributed by atoms with Gasteiger partial charge in [-0.3, -0.25) is 9.59 Å². The van der Waals surface area contributed by atoms with Crippen LogP contribution in [-0.2, 0) is 0 Å². The molecule has 0 saturated carbocycles. The van der Waals surface area contributed by atoms with E-state index in [0.717, 1.165) is 0 Å². The van der Waals surface area contributed by atoms with Crippen LogP contribution in [-0.4, -0.2) is 35.1 Å². The van der Waals surface area contributed by atoms with E-state index in [-0.39, 0.29) is 18.0 Å². The average molecular weight is 274 g/mol. The van der Waals surface area contributed by atoms with Crippen molar-refractivity contribution in [1.82, 2.24) is 9.88 Å². The molecule has 4 nitrogen and oxygen atoms in total. The summed E-state index contributed by atoms with van der Waals surface area (Å²) in [7, 11) is 0. The third kappa shape index (κ3) is 2.19. The molecule has 1 aliphatic rings. The van der Waals surface area contributed by atoms with Crippen LogP contribution in [0.4, 0.5) is 4.39 Å². The highest BCUT2D eigenvalue weighted by atomic mass is 19.1. The summed E-state index contributed by atoms with van der Waals surface area (Å²) in [5.74, 6) is -0.222. The number of carbonyl (C=O) groups is 1. The van der Waals surface area contributed by atoms with E-state index in [4.69, 9.17) is 0 Å². The van der Waals surface area contributed by atoms with Crippen LogP contribution >= 0.6 is 0 Å². The minimum absolute atomic E-state index is 0.131. The lowest BCUT2D eigenvalue weighted by atomic mass is 10.0. The number of nitrogens with one attached hydrogen (secondary N) is 1. The van der Waals surface area contributed by atoms with Crippen LogP contribution in [0.15, 0.2) is 35.3 Å². The Kier molecular flexibility index (Phi) is 3.26. The molecule has 0 bridgehead atoms. The summed E-state index contributed by atoms with van der Waals surface area (Å²) in [6.07, 6.45) is 1.65. The number of nitrogens with zero attached hydrogens (tertiary/aromatic N) is 1. The highest BCUT2D eigenvalue weighted by Crippen LogP contribution is 2.20. The van der Waals surface area contributed by atoms with E-state index >= 15 is 0 Å². The summed E-state index contributed by atoms with van der Waals surface area (Å²) in [5, 5.41) is 1.09. The predicted octanol–water partition coefficient (Wildman–Crippen LogP) is 2.10. The maximum atomic E-state index is 13.4. The molecule has 1 aromatic carbocycles. The summed E-state index contributed by atoms with van der Waals surface area (Å²) in [6.45, 7) is 0.693. The standard InChI is InChI=1S/C15H15FN2O2/c16-10-4-3-7-18(9-10)15(20)13-8-17-14(19)12-6-2-1-5-11(12)13/h1-2,5-6,8,10H,3-4,7,9H2,(H,17,19). The van der Waals surface area contributed by atoms with Gasteiger partial charge in [-0.15, -0.1) is 0 Å². The second-order valence-electron chi connectivity index (χ2n) is 5.07. The van der Waals surface area contributed by atoms with Gasteiger partial charge in [0.15, 0.2) is 0 Å². The molecule has 1 atom stereocenters. The fourth-order valence-corrected chi connectivity index (χ4v) is 2.67. The van der Waals surface area contributed by atoms with Gasteiger partial charge in [-0.2, -0.15) is 0 Å². The molecule has 1 saturated heterocycles. The molecule has 0 aliphatic carbocycles. The lowest BCUT2D eigenvalue weighted by Crippen LogP contribution is -2.41. The number of aromatic amines is 1. The predicted molar refractivity (Wildman–Crippen MR) is 74.6 cm³/mol. The summed E-state index contributed by atoms with van der Waals surface area (Å²) in [4.78, 5) is 28.3. The molecular formula is C15H15FN2O2. The van der Waals surface area contributed by atoms with Gasteiger partial charge in [0.1, 0.15) is 6.17 Å². The number of aromatic nitrogens is 1. The van der Waals surface area contributed by atoms with Gasteiger partial charge in [-0.05, 0) is 18.9 Å². The van der Waals surface area contributed by atoms with Crippen LogP contribution < -0.4 is 5.56 Å². The quantitative estimate of drug-likeness (QED) is 0.865. The fraction of sp³-hybridized carbons (Fsp3) is 0.333. The van der Waals surface area contributed by atoms with Gasteiger partial charge < -0.3 is 9.88 Å². The van der Waals surface area contributed by atoms with Gasteiger partial charge in [0.2, 0.25) is 0 Å². The molecule has 20 heavy (non-hydrogen) atoms. The van der Waals surface area contributed by atoms with Gasteiger partial charge in [0, 0.05) is 23.5 Å². The lowest BCUT2D eigenvalue weighted by Gasteiger charge is -2.29. The zero-order valence-electron chi connectivity index (χ0n) is 10.9. The van der Waals surface area contributed by atoms with Crippen LogP contribution in [0.1, 0.15) is 23.2 Å². The highest BCUT2D eigenvalue weighted by Gasteiger charge is 2.25.